The number of nitrogens with one attached hydrogen (secondary N) is 2. The van der Waals surface area contributed by atoms with Gasteiger partial charge in [0.15, 0.2) is 11.3 Å². The van der Waals surface area contributed by atoms with Crippen molar-refractivity contribution >= 4 is 22.3 Å². The quantitative estimate of drug-likeness (QED) is 0.143. The van der Waals surface area contributed by atoms with Crippen LogP contribution in [0.5, 0.6) is 0 Å². The Morgan fingerprint density at radius 3 is 1.90 bits per heavy atom. The summed E-state index contributed by atoms with van der Waals surface area (Å²) < 4.78 is 10.1. The van der Waals surface area contributed by atoms with E-state index >= 15 is 0 Å². The van der Waals surface area contributed by atoms with E-state index in [0.717, 1.165) is 106 Å². The molecule has 2 N–H and O–H groups in total. The summed E-state index contributed by atoms with van der Waals surface area (Å²) in [6.45, 7) is 9.30. The first-order valence-electron chi connectivity index (χ1n) is 21.3. The molecule has 0 amide bonds. The zero-order valence-corrected chi connectivity index (χ0v) is 34.5. The SMILES string of the molecule is C[C@@H]1CCC[C@@H](Cc2ncccc2-c2cnc3[nH]ccc3n2)C1.C[C@H]1C[C@H](Cc2ncccc2-c2cnc3[nH]ccc3n2)CN(C(C#N)C2COC2)C1.N#CC=C1COC1. The van der Waals surface area contributed by atoms with Gasteiger partial charge in [-0.05, 0) is 91.3 Å². The molecule has 0 radical (unpaired) electrons. The summed E-state index contributed by atoms with van der Waals surface area (Å²) in [7, 11) is 0. The Bertz CT molecular complexity index is 2470. The molecule has 1 saturated carbocycles. The van der Waals surface area contributed by atoms with Crippen molar-refractivity contribution < 1.29 is 9.47 Å². The van der Waals surface area contributed by atoms with E-state index in [1.54, 1.807) is 0 Å². The van der Waals surface area contributed by atoms with Crippen LogP contribution in [0.15, 0.2) is 85.2 Å². The van der Waals surface area contributed by atoms with E-state index in [9.17, 15) is 5.26 Å². The summed E-state index contributed by atoms with van der Waals surface area (Å²) in [6, 6.07) is 16.5. The van der Waals surface area contributed by atoms with E-state index < -0.39 is 0 Å². The number of hydrogen-bond donors (Lipinski definition) is 2. The van der Waals surface area contributed by atoms with Gasteiger partial charge in [-0.15, -0.1) is 0 Å². The van der Waals surface area contributed by atoms with Crippen LogP contribution < -0.4 is 0 Å². The molecular weight excluding hydrogens is 751 g/mol. The zero-order chi connectivity index (χ0) is 41.3. The molecule has 3 aliphatic heterocycles. The van der Waals surface area contributed by atoms with Crippen molar-refractivity contribution in [3.05, 3.63) is 96.6 Å². The molecule has 6 aromatic rings. The molecule has 1 unspecified atom stereocenters. The number of rotatable bonds is 8. The van der Waals surface area contributed by atoms with Gasteiger partial charge < -0.3 is 19.4 Å². The Labute approximate surface area is 351 Å². The molecule has 1 aliphatic carbocycles. The first kappa shape index (κ1) is 40.9. The van der Waals surface area contributed by atoms with Crippen LogP contribution in [0.2, 0.25) is 0 Å². The fourth-order valence-electron chi connectivity index (χ4n) is 9.10. The number of nitriles is 2. The van der Waals surface area contributed by atoms with E-state index in [0.29, 0.717) is 44.2 Å². The Kier molecular flexibility index (Phi) is 13.3. The number of fused-ring (bicyclic) bond motifs is 2. The van der Waals surface area contributed by atoms with Gasteiger partial charge in [0.2, 0.25) is 0 Å². The average molecular weight is 804 g/mol. The lowest BCUT2D eigenvalue weighted by molar-refractivity contribution is -0.0705. The molecule has 60 heavy (non-hydrogen) atoms. The molecule has 6 aromatic heterocycles. The van der Waals surface area contributed by atoms with Crippen molar-refractivity contribution in [1.82, 2.24) is 44.8 Å². The largest absolute Gasteiger partial charge is 0.380 e. The summed E-state index contributed by atoms with van der Waals surface area (Å²) in [5.74, 6) is 2.95. The second-order valence-electron chi connectivity index (χ2n) is 16.9. The minimum atomic E-state index is -0.0472. The van der Waals surface area contributed by atoms with Gasteiger partial charge in [-0.25, -0.2) is 19.9 Å². The second-order valence-corrected chi connectivity index (χ2v) is 16.9. The Morgan fingerprint density at radius 2 is 1.38 bits per heavy atom. The molecule has 9 heterocycles. The highest BCUT2D eigenvalue weighted by Crippen LogP contribution is 2.34. The highest BCUT2D eigenvalue weighted by molar-refractivity contribution is 5.75. The average Bonchev–Trinajstić information content (AvgIpc) is 3.91. The van der Waals surface area contributed by atoms with Crippen LogP contribution in [-0.4, -0.2) is 90.3 Å². The molecule has 3 saturated heterocycles. The Balaban J connectivity index is 0.000000147. The monoisotopic (exact) mass is 803 g/mol. The number of H-pyrrole nitrogens is 2. The van der Waals surface area contributed by atoms with Crippen molar-refractivity contribution in [2.75, 3.05) is 39.5 Å². The molecule has 13 nitrogen and oxygen atoms in total. The summed E-state index contributed by atoms with van der Waals surface area (Å²) in [4.78, 5) is 36.4. The maximum Gasteiger partial charge on any atom is 0.156 e. The van der Waals surface area contributed by atoms with Crippen LogP contribution in [-0.2, 0) is 22.3 Å². The topological polar surface area (TPSA) is 178 Å². The minimum absolute atomic E-state index is 0.0472. The molecule has 0 bridgehead atoms. The van der Waals surface area contributed by atoms with Gasteiger partial charge in [0.1, 0.15) is 17.1 Å². The standard InChI is InChI=1S/C23H26N6O.C19H22N4.C5H5NO/c1-15-7-16(12-29(11-15)22(9-24)17-13-30-14-17)8-20-18(3-2-5-25-20)21-10-27-23-19(28-21)4-6-26-23;1-13-4-2-5-14(10-13)11-17-15(6-3-8-20-17)18-12-22-19-16(23-18)7-9-21-19;6-2-1-5-3-7-4-5/h2-6,10,15-17,22H,7-8,11-14H2,1H3,(H,26,27);3,6-9,12-14H,2,4-5,10-11H2,1H3,(H,21,22);1H,3-4H2/t15-,16+,22?;13-,14-;/m01./s1. The summed E-state index contributed by atoms with van der Waals surface area (Å²) in [6.07, 6.45) is 21.1. The van der Waals surface area contributed by atoms with Gasteiger partial charge in [-0.1, -0.05) is 33.1 Å². The number of aromatic nitrogens is 8. The molecule has 0 aromatic carbocycles. The smallest absolute Gasteiger partial charge is 0.156 e. The number of aromatic amines is 2. The zero-order valence-electron chi connectivity index (χ0n) is 34.5. The van der Waals surface area contributed by atoms with Crippen molar-refractivity contribution in [2.45, 2.75) is 64.8 Å². The molecule has 10 rings (SSSR count). The molecule has 4 aliphatic rings. The highest BCUT2D eigenvalue weighted by atomic mass is 16.5. The number of piperidine rings is 1. The Hall–Kier alpha value is -5.86. The van der Waals surface area contributed by atoms with Gasteiger partial charge in [0, 0.05) is 61.0 Å². The predicted molar refractivity (Wildman–Crippen MR) is 230 cm³/mol. The van der Waals surface area contributed by atoms with Crippen LogP contribution in [0.4, 0.5) is 0 Å². The molecule has 13 heteroatoms. The summed E-state index contributed by atoms with van der Waals surface area (Å²) in [5.41, 5.74) is 10.7. The van der Waals surface area contributed by atoms with E-state index in [1.165, 1.54) is 31.8 Å². The number of nitrogens with zero attached hydrogens (tertiary/aromatic N) is 9. The summed E-state index contributed by atoms with van der Waals surface area (Å²) in [5, 5.41) is 17.8. The number of pyridine rings is 2. The number of likely N-dealkylation sites (tertiary alicyclic amines) is 1. The maximum absolute atomic E-state index is 9.76. The van der Waals surface area contributed by atoms with Crippen molar-refractivity contribution in [3.63, 3.8) is 0 Å². The Morgan fingerprint density at radius 1 is 0.767 bits per heavy atom. The summed E-state index contributed by atoms with van der Waals surface area (Å²) >= 11 is 0. The molecule has 5 atom stereocenters. The lowest BCUT2D eigenvalue weighted by Gasteiger charge is -2.43. The van der Waals surface area contributed by atoms with E-state index in [4.69, 9.17) is 29.7 Å². The molecule has 308 valence electrons. The third kappa shape index (κ3) is 9.94. The fourth-order valence-corrected chi connectivity index (χ4v) is 9.10. The molecular formula is C47H53N11O2. The molecule has 4 fully saturated rings. The predicted octanol–water partition coefficient (Wildman–Crippen LogP) is 7.91. The minimum Gasteiger partial charge on any atom is -0.380 e. The van der Waals surface area contributed by atoms with Crippen LogP contribution >= 0.6 is 0 Å². The van der Waals surface area contributed by atoms with E-state index in [1.807, 2.05) is 67.5 Å². The van der Waals surface area contributed by atoms with Crippen molar-refractivity contribution in [1.29, 1.82) is 10.5 Å². The second kappa shape index (κ2) is 19.5. The van der Waals surface area contributed by atoms with Gasteiger partial charge in [0.25, 0.3) is 0 Å². The normalized spacial score (nSPS) is 22.2. The van der Waals surface area contributed by atoms with Gasteiger partial charge in [0.05, 0.1) is 73.7 Å². The number of allylic oxidation sites excluding steroid dienone is 1. The third-order valence-electron chi connectivity index (χ3n) is 12.1. The first-order valence-corrected chi connectivity index (χ1v) is 21.3. The number of ether oxygens (including phenoxy) is 2. The van der Waals surface area contributed by atoms with Gasteiger partial charge in [-0.3, -0.25) is 14.9 Å². The van der Waals surface area contributed by atoms with Gasteiger partial charge >= 0.3 is 0 Å². The van der Waals surface area contributed by atoms with E-state index in [2.05, 4.69) is 61.9 Å². The van der Waals surface area contributed by atoms with Crippen LogP contribution in [0.1, 0.15) is 57.3 Å². The maximum atomic E-state index is 9.76. The highest BCUT2D eigenvalue weighted by Gasteiger charge is 2.37. The van der Waals surface area contributed by atoms with E-state index in [-0.39, 0.29) is 6.04 Å². The number of hydrogen-bond acceptors (Lipinski definition) is 11. The van der Waals surface area contributed by atoms with Crippen molar-refractivity contribution in [3.8, 4) is 34.7 Å². The van der Waals surface area contributed by atoms with Crippen LogP contribution in [0.25, 0.3) is 44.8 Å². The third-order valence-corrected chi connectivity index (χ3v) is 12.1. The van der Waals surface area contributed by atoms with Crippen molar-refractivity contribution in [2.24, 2.45) is 29.6 Å². The van der Waals surface area contributed by atoms with Crippen LogP contribution in [0, 0.1) is 52.3 Å². The molecule has 0 spiro atoms. The first-order chi connectivity index (χ1) is 29.4. The fraction of sp³-hybridized carbons (Fsp3) is 0.447. The lowest BCUT2D eigenvalue weighted by atomic mass is 9.80. The van der Waals surface area contributed by atoms with Gasteiger partial charge in [-0.2, -0.15) is 10.5 Å². The lowest BCUT2D eigenvalue weighted by Crippen LogP contribution is -2.52. The van der Waals surface area contributed by atoms with Crippen LogP contribution in [0.3, 0.4) is 0 Å².